The number of carbonyl (C=O) groups is 1. The monoisotopic (exact) mass is 390 g/mol. The summed E-state index contributed by atoms with van der Waals surface area (Å²) in [6, 6.07) is 6.34. The van der Waals surface area contributed by atoms with Gasteiger partial charge in [0, 0.05) is 41.4 Å². The van der Waals surface area contributed by atoms with E-state index in [2.05, 4.69) is 27.5 Å². The van der Waals surface area contributed by atoms with Gasteiger partial charge in [-0.05, 0) is 53.6 Å². The average molecular weight is 391 g/mol. The quantitative estimate of drug-likeness (QED) is 0.725. The second-order valence-electron chi connectivity index (χ2n) is 5.19. The Balaban J connectivity index is 1.65. The first-order valence-corrected chi connectivity index (χ1v) is 8.09. The van der Waals surface area contributed by atoms with E-state index in [1.165, 1.54) is 12.8 Å². The van der Waals surface area contributed by atoms with Crippen LogP contribution in [0, 0.1) is 3.57 Å². The third-order valence-corrected chi connectivity index (χ3v) is 5.40. The molecule has 1 aromatic carbocycles. The maximum absolute atomic E-state index is 12.4. The van der Waals surface area contributed by atoms with Gasteiger partial charge in [0.05, 0.1) is 5.02 Å². The van der Waals surface area contributed by atoms with Crippen molar-refractivity contribution in [1.29, 1.82) is 0 Å². The van der Waals surface area contributed by atoms with Crippen molar-refractivity contribution in [1.82, 2.24) is 9.80 Å². The molecule has 0 spiro atoms. The van der Waals surface area contributed by atoms with Crippen LogP contribution in [0.3, 0.4) is 0 Å². The maximum Gasteiger partial charge on any atom is 0.253 e. The second kappa shape index (κ2) is 5.58. The van der Waals surface area contributed by atoms with Crippen LogP contribution in [0.5, 0.6) is 0 Å². The lowest BCUT2D eigenvalue weighted by atomic mass is 10.2. The molecular formula is C14H16ClIN2O. The molecule has 1 aromatic rings. The Kier molecular flexibility index (Phi) is 4.01. The van der Waals surface area contributed by atoms with Gasteiger partial charge in [0.1, 0.15) is 0 Å². The normalized spacial score (nSPS) is 20.6. The first-order valence-electron chi connectivity index (χ1n) is 6.63. The molecule has 2 aliphatic rings. The molecule has 1 aliphatic heterocycles. The van der Waals surface area contributed by atoms with Crippen molar-refractivity contribution in [3.05, 3.63) is 32.4 Å². The number of benzene rings is 1. The van der Waals surface area contributed by atoms with Crippen LogP contribution >= 0.6 is 34.2 Å². The fourth-order valence-corrected chi connectivity index (χ4v) is 3.06. The molecule has 0 unspecified atom stereocenters. The van der Waals surface area contributed by atoms with Crippen molar-refractivity contribution in [3.8, 4) is 0 Å². The van der Waals surface area contributed by atoms with Crippen LogP contribution in [-0.2, 0) is 0 Å². The minimum atomic E-state index is 0.105. The van der Waals surface area contributed by atoms with Crippen molar-refractivity contribution in [2.45, 2.75) is 18.9 Å². The molecule has 3 nitrogen and oxygen atoms in total. The van der Waals surface area contributed by atoms with E-state index in [0.29, 0.717) is 10.6 Å². The van der Waals surface area contributed by atoms with E-state index in [-0.39, 0.29) is 5.91 Å². The predicted molar refractivity (Wildman–Crippen MR) is 84.7 cm³/mol. The summed E-state index contributed by atoms with van der Waals surface area (Å²) in [5.41, 5.74) is 0.699. The van der Waals surface area contributed by atoms with Crippen molar-refractivity contribution in [2.75, 3.05) is 26.2 Å². The lowest BCUT2D eigenvalue weighted by molar-refractivity contribution is 0.0627. The van der Waals surface area contributed by atoms with Gasteiger partial charge >= 0.3 is 0 Å². The number of rotatable bonds is 2. The summed E-state index contributed by atoms with van der Waals surface area (Å²) in [7, 11) is 0. The number of piperazine rings is 1. The van der Waals surface area contributed by atoms with E-state index >= 15 is 0 Å². The van der Waals surface area contributed by atoms with E-state index < -0.39 is 0 Å². The molecule has 1 saturated carbocycles. The third kappa shape index (κ3) is 3.06. The van der Waals surface area contributed by atoms with Gasteiger partial charge in [-0.3, -0.25) is 9.69 Å². The molecule has 0 bridgehead atoms. The van der Waals surface area contributed by atoms with Crippen molar-refractivity contribution < 1.29 is 4.79 Å². The number of nitrogens with zero attached hydrogens (tertiary/aromatic N) is 2. The van der Waals surface area contributed by atoms with Gasteiger partial charge < -0.3 is 4.90 Å². The van der Waals surface area contributed by atoms with Crippen molar-refractivity contribution in [2.24, 2.45) is 0 Å². The van der Waals surface area contributed by atoms with Crippen LogP contribution in [0.15, 0.2) is 18.2 Å². The summed E-state index contributed by atoms with van der Waals surface area (Å²) in [5.74, 6) is 0.105. The Morgan fingerprint density at radius 1 is 1.21 bits per heavy atom. The third-order valence-electron chi connectivity index (χ3n) is 3.83. The maximum atomic E-state index is 12.4. The lowest BCUT2D eigenvalue weighted by Gasteiger charge is -2.34. The highest BCUT2D eigenvalue weighted by Crippen LogP contribution is 2.28. The molecule has 19 heavy (non-hydrogen) atoms. The molecule has 0 aromatic heterocycles. The first-order chi connectivity index (χ1) is 9.15. The Bertz CT molecular complexity index is 496. The van der Waals surface area contributed by atoms with Crippen molar-refractivity contribution in [3.63, 3.8) is 0 Å². The number of carbonyl (C=O) groups excluding carboxylic acids is 1. The van der Waals surface area contributed by atoms with Crippen LogP contribution in [0.1, 0.15) is 23.2 Å². The molecule has 1 saturated heterocycles. The zero-order chi connectivity index (χ0) is 13.4. The minimum Gasteiger partial charge on any atom is -0.336 e. The van der Waals surface area contributed by atoms with Crippen molar-refractivity contribution >= 4 is 40.1 Å². The molecule has 0 N–H and O–H groups in total. The van der Waals surface area contributed by atoms with E-state index in [0.717, 1.165) is 35.8 Å². The highest BCUT2D eigenvalue weighted by Gasteiger charge is 2.32. The van der Waals surface area contributed by atoms with Crippen LogP contribution in [0.4, 0.5) is 0 Å². The van der Waals surface area contributed by atoms with Gasteiger partial charge in [-0.2, -0.15) is 0 Å². The van der Waals surface area contributed by atoms with Crippen LogP contribution in [0.2, 0.25) is 5.02 Å². The van der Waals surface area contributed by atoms with Gasteiger partial charge in [0.15, 0.2) is 0 Å². The van der Waals surface area contributed by atoms with Gasteiger partial charge in [0.2, 0.25) is 0 Å². The molecule has 5 heteroatoms. The highest BCUT2D eigenvalue weighted by atomic mass is 127. The van der Waals surface area contributed by atoms with E-state index in [4.69, 9.17) is 11.6 Å². The summed E-state index contributed by atoms with van der Waals surface area (Å²) in [6.45, 7) is 3.68. The summed E-state index contributed by atoms with van der Waals surface area (Å²) in [5, 5.41) is 0.656. The summed E-state index contributed by atoms with van der Waals surface area (Å²) in [6.07, 6.45) is 2.67. The average Bonchev–Trinajstić information content (AvgIpc) is 3.26. The lowest BCUT2D eigenvalue weighted by Crippen LogP contribution is -2.49. The number of halogens is 2. The first kappa shape index (κ1) is 13.6. The van der Waals surface area contributed by atoms with Gasteiger partial charge in [0.25, 0.3) is 5.91 Å². The standard InChI is InChI=1S/C14H16ClIN2O/c15-12-9-10(1-4-13(12)16)14(19)18-7-5-17(6-8-18)11-2-3-11/h1,4,9,11H,2-3,5-8H2. The fourth-order valence-electron chi connectivity index (χ4n) is 2.54. The molecule has 1 aliphatic carbocycles. The molecule has 0 atom stereocenters. The number of amides is 1. The zero-order valence-electron chi connectivity index (χ0n) is 10.6. The molecule has 0 radical (unpaired) electrons. The zero-order valence-corrected chi connectivity index (χ0v) is 13.5. The molecule has 1 heterocycles. The minimum absolute atomic E-state index is 0.105. The second-order valence-corrected chi connectivity index (χ2v) is 6.76. The van der Waals surface area contributed by atoms with Crippen LogP contribution in [-0.4, -0.2) is 47.9 Å². The predicted octanol–water partition coefficient (Wildman–Crippen LogP) is 2.86. The summed E-state index contributed by atoms with van der Waals surface area (Å²) in [4.78, 5) is 16.8. The Morgan fingerprint density at radius 2 is 1.89 bits per heavy atom. The molecule has 3 rings (SSSR count). The smallest absolute Gasteiger partial charge is 0.253 e. The largest absolute Gasteiger partial charge is 0.336 e. The Labute approximate surface area is 132 Å². The summed E-state index contributed by atoms with van der Waals surface area (Å²) >= 11 is 8.26. The van der Waals surface area contributed by atoms with Gasteiger partial charge in [-0.15, -0.1) is 0 Å². The van der Waals surface area contributed by atoms with E-state index in [9.17, 15) is 4.79 Å². The molecule has 1 amide bonds. The van der Waals surface area contributed by atoms with Gasteiger partial charge in [-0.25, -0.2) is 0 Å². The SMILES string of the molecule is O=C(c1ccc(I)c(Cl)c1)N1CCN(C2CC2)CC1. The van der Waals surface area contributed by atoms with E-state index in [1.807, 2.05) is 17.0 Å². The number of hydrogen-bond donors (Lipinski definition) is 0. The fraction of sp³-hybridized carbons (Fsp3) is 0.500. The molecule has 2 fully saturated rings. The molecule has 102 valence electrons. The number of hydrogen-bond acceptors (Lipinski definition) is 2. The Hall–Kier alpha value is -0.330. The van der Waals surface area contributed by atoms with Gasteiger partial charge in [-0.1, -0.05) is 11.6 Å². The van der Waals surface area contributed by atoms with Crippen LogP contribution in [0.25, 0.3) is 0 Å². The highest BCUT2D eigenvalue weighted by molar-refractivity contribution is 14.1. The summed E-state index contributed by atoms with van der Waals surface area (Å²) < 4.78 is 0.981. The Morgan fingerprint density at radius 3 is 2.47 bits per heavy atom. The molecular weight excluding hydrogens is 375 g/mol. The topological polar surface area (TPSA) is 23.6 Å². The van der Waals surface area contributed by atoms with Crippen LogP contribution < -0.4 is 0 Å². The van der Waals surface area contributed by atoms with E-state index in [1.54, 1.807) is 6.07 Å².